The highest BCUT2D eigenvalue weighted by molar-refractivity contribution is 5.89. The molecule has 0 bridgehead atoms. The van der Waals surface area contributed by atoms with Gasteiger partial charge in [-0.1, -0.05) is 43.2 Å². The molecule has 4 rings (SSSR count). The molecule has 7 nitrogen and oxygen atoms in total. The van der Waals surface area contributed by atoms with Crippen LogP contribution in [0.15, 0.2) is 30.3 Å². The van der Waals surface area contributed by atoms with Gasteiger partial charge in [0.15, 0.2) is 0 Å². The Morgan fingerprint density at radius 2 is 1.70 bits per heavy atom. The van der Waals surface area contributed by atoms with Gasteiger partial charge in [0.2, 0.25) is 17.7 Å². The minimum absolute atomic E-state index is 0.00446. The summed E-state index contributed by atoms with van der Waals surface area (Å²) in [7, 11) is 5.88. The molecule has 1 heterocycles. The topological polar surface area (TPSA) is 86.9 Å². The van der Waals surface area contributed by atoms with Crippen LogP contribution >= 0.6 is 0 Å². The number of hydrogen-bond acceptors (Lipinski definition) is 4. The number of benzene rings is 1. The highest BCUT2D eigenvalue weighted by Gasteiger charge is 2.57. The molecule has 2 saturated carbocycles. The molecule has 1 spiro atoms. The molecule has 1 aromatic rings. The van der Waals surface area contributed by atoms with Gasteiger partial charge >= 0.3 is 0 Å². The van der Waals surface area contributed by atoms with E-state index in [9.17, 15) is 14.4 Å². The van der Waals surface area contributed by atoms with Gasteiger partial charge in [0.05, 0.1) is 13.1 Å². The van der Waals surface area contributed by atoms with Crippen LogP contribution in [-0.2, 0) is 19.9 Å². The Hall–Kier alpha value is -2.41. The fourth-order valence-electron chi connectivity index (χ4n) is 6.24. The number of nitrogens with two attached hydrogens (primary N) is 1. The van der Waals surface area contributed by atoms with Crippen molar-refractivity contribution >= 4 is 17.7 Å². The van der Waals surface area contributed by atoms with Crippen molar-refractivity contribution in [2.75, 3.05) is 40.8 Å². The number of carbonyl (C=O) groups excluding carboxylic acids is 3. The number of carbonyl (C=O) groups is 3. The average molecular weight is 455 g/mol. The molecule has 1 atom stereocenters. The van der Waals surface area contributed by atoms with Crippen LogP contribution in [0.1, 0.15) is 50.5 Å². The SMILES string of the molecule is CN(CC(N)=O)C(=O)CN1CC2(CCC(c3ccccc3)(N(C)C)CC2)C(CC2CC2)C1=O. The van der Waals surface area contributed by atoms with Crippen LogP contribution in [0, 0.1) is 17.3 Å². The van der Waals surface area contributed by atoms with Crippen LogP contribution in [0.25, 0.3) is 0 Å². The third kappa shape index (κ3) is 4.65. The Balaban J connectivity index is 1.53. The van der Waals surface area contributed by atoms with Gasteiger partial charge in [-0.15, -0.1) is 0 Å². The van der Waals surface area contributed by atoms with Crippen LogP contribution in [-0.4, -0.2) is 73.2 Å². The van der Waals surface area contributed by atoms with Crippen molar-refractivity contribution in [3.8, 4) is 0 Å². The maximum atomic E-state index is 13.5. The summed E-state index contributed by atoms with van der Waals surface area (Å²) in [6, 6.07) is 10.7. The maximum absolute atomic E-state index is 13.5. The fourth-order valence-corrected chi connectivity index (χ4v) is 6.24. The van der Waals surface area contributed by atoms with Crippen molar-refractivity contribution in [1.82, 2.24) is 14.7 Å². The standard InChI is InChI=1S/C26H38N4O3/c1-28(2)26(20-7-5-4-6-8-20)13-11-25(12-14-26)18-30(17-23(32)29(3)16-22(27)31)24(33)21(25)15-19-9-10-19/h4-8,19,21H,9-18H2,1-3H3,(H2,27,31). The number of likely N-dealkylation sites (N-methyl/N-ethyl adjacent to an activating group) is 1. The van der Waals surface area contributed by atoms with E-state index in [-0.39, 0.29) is 41.8 Å². The van der Waals surface area contributed by atoms with E-state index in [1.54, 1.807) is 11.9 Å². The number of rotatable bonds is 8. The second-order valence-electron chi connectivity index (χ2n) is 10.8. The quantitative estimate of drug-likeness (QED) is 0.652. The molecule has 1 saturated heterocycles. The Kier molecular flexibility index (Phi) is 6.54. The van der Waals surface area contributed by atoms with Crippen LogP contribution < -0.4 is 5.73 Å². The zero-order valence-corrected chi connectivity index (χ0v) is 20.3. The van der Waals surface area contributed by atoms with E-state index in [4.69, 9.17) is 5.73 Å². The van der Waals surface area contributed by atoms with Gasteiger partial charge in [0, 0.05) is 25.0 Å². The lowest BCUT2D eigenvalue weighted by molar-refractivity contribution is -0.140. The first-order valence-corrected chi connectivity index (χ1v) is 12.2. The fraction of sp³-hybridized carbons (Fsp3) is 0.654. The number of nitrogens with zero attached hydrogens (tertiary/aromatic N) is 3. The van der Waals surface area contributed by atoms with E-state index < -0.39 is 5.91 Å². The second-order valence-corrected chi connectivity index (χ2v) is 10.8. The van der Waals surface area contributed by atoms with Crippen molar-refractivity contribution in [1.29, 1.82) is 0 Å². The lowest BCUT2D eigenvalue weighted by atomic mass is 9.60. The van der Waals surface area contributed by atoms with E-state index in [1.807, 2.05) is 0 Å². The zero-order chi connectivity index (χ0) is 23.8. The first kappa shape index (κ1) is 23.7. The summed E-state index contributed by atoms with van der Waals surface area (Å²) in [6.07, 6.45) is 7.33. The highest BCUT2D eigenvalue weighted by Crippen LogP contribution is 2.57. The summed E-state index contributed by atoms with van der Waals surface area (Å²) in [6.45, 7) is 0.542. The molecule has 1 aliphatic heterocycles. The van der Waals surface area contributed by atoms with Crippen molar-refractivity contribution in [3.05, 3.63) is 35.9 Å². The molecule has 0 radical (unpaired) electrons. The van der Waals surface area contributed by atoms with Crippen molar-refractivity contribution in [2.45, 2.75) is 50.5 Å². The van der Waals surface area contributed by atoms with Crippen LogP contribution in [0.5, 0.6) is 0 Å². The first-order chi connectivity index (χ1) is 15.7. The van der Waals surface area contributed by atoms with Gasteiger partial charge in [-0.25, -0.2) is 0 Å². The molecular formula is C26H38N4O3. The molecule has 7 heteroatoms. The molecular weight excluding hydrogens is 416 g/mol. The number of amides is 3. The monoisotopic (exact) mass is 454 g/mol. The van der Waals surface area contributed by atoms with Crippen molar-refractivity contribution in [2.24, 2.45) is 23.0 Å². The minimum Gasteiger partial charge on any atom is -0.368 e. The normalized spacial score (nSPS) is 29.6. The molecule has 3 amide bonds. The predicted octanol–water partition coefficient (Wildman–Crippen LogP) is 2.21. The van der Waals surface area contributed by atoms with Crippen molar-refractivity contribution in [3.63, 3.8) is 0 Å². The Morgan fingerprint density at radius 1 is 1.06 bits per heavy atom. The zero-order valence-electron chi connectivity index (χ0n) is 20.3. The molecule has 2 N–H and O–H groups in total. The summed E-state index contributed by atoms with van der Waals surface area (Å²) in [5.41, 5.74) is 6.49. The predicted molar refractivity (Wildman–Crippen MR) is 127 cm³/mol. The van der Waals surface area contributed by atoms with Gasteiger partial charge in [0.1, 0.15) is 0 Å². The smallest absolute Gasteiger partial charge is 0.242 e. The Bertz CT molecular complexity index is 888. The summed E-state index contributed by atoms with van der Waals surface area (Å²) < 4.78 is 0. The Morgan fingerprint density at radius 3 is 2.24 bits per heavy atom. The molecule has 180 valence electrons. The van der Waals surface area contributed by atoms with Crippen LogP contribution in [0.3, 0.4) is 0 Å². The minimum atomic E-state index is -0.546. The molecule has 33 heavy (non-hydrogen) atoms. The summed E-state index contributed by atoms with van der Waals surface area (Å²) >= 11 is 0. The Labute approximate surface area is 197 Å². The van der Waals surface area contributed by atoms with Crippen LogP contribution in [0.4, 0.5) is 0 Å². The maximum Gasteiger partial charge on any atom is 0.242 e. The van der Waals surface area contributed by atoms with Gasteiger partial charge in [0.25, 0.3) is 0 Å². The summed E-state index contributed by atoms with van der Waals surface area (Å²) in [4.78, 5) is 42.9. The van der Waals surface area contributed by atoms with Gasteiger partial charge < -0.3 is 15.5 Å². The largest absolute Gasteiger partial charge is 0.368 e. The third-order valence-electron chi connectivity index (χ3n) is 8.51. The average Bonchev–Trinajstić information content (AvgIpc) is 3.57. The lowest BCUT2D eigenvalue weighted by Gasteiger charge is -2.50. The van der Waals surface area contributed by atoms with E-state index in [0.717, 1.165) is 32.1 Å². The van der Waals surface area contributed by atoms with Crippen molar-refractivity contribution < 1.29 is 14.4 Å². The van der Waals surface area contributed by atoms with Gasteiger partial charge in [-0.2, -0.15) is 0 Å². The van der Waals surface area contributed by atoms with Gasteiger partial charge in [-0.05, 0) is 63.1 Å². The van der Waals surface area contributed by atoms with E-state index in [1.165, 1.54) is 23.3 Å². The summed E-state index contributed by atoms with van der Waals surface area (Å²) in [5.74, 6) is -0.00404. The number of primary amides is 1. The van der Waals surface area contributed by atoms with E-state index >= 15 is 0 Å². The van der Waals surface area contributed by atoms with E-state index in [0.29, 0.717) is 12.5 Å². The number of likely N-dealkylation sites (tertiary alicyclic amines) is 1. The second kappa shape index (κ2) is 9.09. The molecule has 3 fully saturated rings. The molecule has 0 aromatic heterocycles. The summed E-state index contributed by atoms with van der Waals surface area (Å²) in [5, 5.41) is 0. The van der Waals surface area contributed by atoms with Gasteiger partial charge in [-0.3, -0.25) is 19.3 Å². The first-order valence-electron chi connectivity index (χ1n) is 12.2. The highest BCUT2D eigenvalue weighted by atomic mass is 16.2. The number of hydrogen-bond donors (Lipinski definition) is 1. The third-order valence-corrected chi connectivity index (χ3v) is 8.51. The van der Waals surface area contributed by atoms with E-state index in [2.05, 4.69) is 49.3 Å². The molecule has 2 aliphatic carbocycles. The lowest BCUT2D eigenvalue weighted by Crippen LogP contribution is -2.49. The molecule has 3 aliphatic rings. The molecule has 1 aromatic carbocycles. The van der Waals surface area contributed by atoms with Crippen LogP contribution in [0.2, 0.25) is 0 Å². The molecule has 1 unspecified atom stereocenters.